The third kappa shape index (κ3) is 3.78. The Bertz CT molecular complexity index is 882. The Balaban J connectivity index is 2.49. The van der Waals surface area contributed by atoms with Crippen LogP contribution in [-0.4, -0.2) is 45.9 Å². The van der Waals surface area contributed by atoms with Gasteiger partial charge >= 0.3 is 5.97 Å². The number of benzene rings is 1. The highest BCUT2D eigenvalue weighted by atomic mass is 35.5. The Morgan fingerprint density at radius 3 is 2.63 bits per heavy atom. The summed E-state index contributed by atoms with van der Waals surface area (Å²) in [6.07, 6.45) is -0.403. The number of ether oxygens (including phenoxy) is 2. The number of nitrogens with zero attached hydrogens (tertiary/aromatic N) is 1. The maximum atomic E-state index is 13.1. The minimum atomic E-state index is -3.95. The summed E-state index contributed by atoms with van der Waals surface area (Å²) < 4.78 is 36.0. The van der Waals surface area contributed by atoms with Crippen molar-refractivity contribution in [2.24, 2.45) is 17.1 Å². The molecule has 2 rings (SSSR count). The second-order valence-corrected chi connectivity index (χ2v) is 8.86. The smallest absolute Gasteiger partial charge is 0.323 e. The van der Waals surface area contributed by atoms with Crippen LogP contribution >= 0.6 is 11.6 Å². The van der Waals surface area contributed by atoms with Crippen molar-refractivity contribution in [3.63, 3.8) is 0 Å². The zero-order chi connectivity index (χ0) is 20.2. The van der Waals surface area contributed by atoms with Gasteiger partial charge in [-0.2, -0.15) is 5.26 Å². The van der Waals surface area contributed by atoms with Gasteiger partial charge in [-0.25, -0.2) is 8.42 Å². The summed E-state index contributed by atoms with van der Waals surface area (Å²) in [5.41, 5.74) is 3.60. The molecule has 3 atom stereocenters. The van der Waals surface area contributed by atoms with Gasteiger partial charge in [0.1, 0.15) is 6.07 Å². The van der Waals surface area contributed by atoms with Crippen LogP contribution in [0.1, 0.15) is 12.8 Å². The van der Waals surface area contributed by atoms with Crippen molar-refractivity contribution in [3.8, 4) is 6.07 Å². The SMILES string of the molecule is COC[C@@H]1CC(S(=O)(=O)c2ccccc2Cl)C[C@@]1(C(N)=O)C(=O)OCC#N. The summed E-state index contributed by atoms with van der Waals surface area (Å²) >= 11 is 6.03. The van der Waals surface area contributed by atoms with Gasteiger partial charge in [-0.05, 0) is 25.0 Å². The summed E-state index contributed by atoms with van der Waals surface area (Å²) in [5.74, 6) is -2.84. The van der Waals surface area contributed by atoms with Gasteiger partial charge in [0.15, 0.2) is 21.9 Å². The molecule has 0 aliphatic heterocycles. The van der Waals surface area contributed by atoms with Crippen molar-refractivity contribution in [2.75, 3.05) is 20.3 Å². The van der Waals surface area contributed by atoms with E-state index in [-0.39, 0.29) is 29.4 Å². The number of rotatable bonds is 7. The maximum Gasteiger partial charge on any atom is 0.323 e. The monoisotopic (exact) mass is 414 g/mol. The number of sulfone groups is 1. The number of hydrogen-bond donors (Lipinski definition) is 1. The van der Waals surface area contributed by atoms with Crippen molar-refractivity contribution in [3.05, 3.63) is 29.3 Å². The first-order valence-corrected chi connectivity index (χ1v) is 9.95. The molecule has 1 saturated carbocycles. The van der Waals surface area contributed by atoms with Gasteiger partial charge in [0, 0.05) is 13.0 Å². The van der Waals surface area contributed by atoms with E-state index < -0.39 is 44.9 Å². The molecule has 1 fully saturated rings. The summed E-state index contributed by atoms with van der Waals surface area (Å²) in [4.78, 5) is 24.7. The molecule has 0 bridgehead atoms. The van der Waals surface area contributed by atoms with Crippen molar-refractivity contribution in [1.82, 2.24) is 0 Å². The first-order chi connectivity index (χ1) is 12.7. The molecule has 0 radical (unpaired) electrons. The molecular weight excluding hydrogens is 396 g/mol. The quantitative estimate of drug-likeness (QED) is 0.520. The van der Waals surface area contributed by atoms with Gasteiger partial charge in [-0.3, -0.25) is 9.59 Å². The number of esters is 1. The summed E-state index contributed by atoms with van der Waals surface area (Å²) in [5, 5.41) is 7.59. The molecule has 8 nitrogen and oxygen atoms in total. The van der Waals surface area contributed by atoms with Crippen molar-refractivity contribution in [1.29, 1.82) is 5.26 Å². The van der Waals surface area contributed by atoms with E-state index in [1.54, 1.807) is 12.1 Å². The van der Waals surface area contributed by atoms with Crippen molar-refractivity contribution >= 4 is 33.3 Å². The van der Waals surface area contributed by atoms with Gasteiger partial charge in [0.2, 0.25) is 5.91 Å². The largest absolute Gasteiger partial charge is 0.449 e. The molecule has 1 unspecified atom stereocenters. The fraction of sp³-hybridized carbons (Fsp3) is 0.471. The van der Waals surface area contributed by atoms with E-state index in [1.807, 2.05) is 0 Å². The predicted octanol–water partition coefficient (Wildman–Crippen LogP) is 1.08. The topological polar surface area (TPSA) is 137 Å². The van der Waals surface area contributed by atoms with Crippen molar-refractivity contribution < 1.29 is 27.5 Å². The van der Waals surface area contributed by atoms with Crippen LogP contribution in [0, 0.1) is 22.7 Å². The van der Waals surface area contributed by atoms with Crippen LogP contribution in [0.4, 0.5) is 0 Å². The number of methoxy groups -OCH3 is 1. The lowest BCUT2D eigenvalue weighted by molar-refractivity contribution is -0.163. The Hall–Kier alpha value is -2.15. The predicted molar refractivity (Wildman–Crippen MR) is 95.2 cm³/mol. The van der Waals surface area contributed by atoms with E-state index in [1.165, 1.54) is 25.3 Å². The number of hydrogen-bond acceptors (Lipinski definition) is 7. The summed E-state index contributed by atoms with van der Waals surface area (Å²) in [6, 6.07) is 7.57. The highest BCUT2D eigenvalue weighted by molar-refractivity contribution is 7.92. The average Bonchev–Trinajstić information content (AvgIpc) is 3.01. The standard InChI is InChI=1S/C17H19ClN2O6S/c1-25-10-11-8-12(27(23,24)14-5-3-2-4-13(14)18)9-17(11,15(20)21)16(22)26-7-6-19/h2-5,11-12H,7-10H2,1H3,(H2,20,21)/t11-,12?,17+/m0/s1. The molecule has 1 amide bonds. The zero-order valence-corrected chi connectivity index (χ0v) is 16.1. The van der Waals surface area contributed by atoms with E-state index >= 15 is 0 Å². The number of carbonyl (C=O) groups is 2. The number of nitriles is 1. The van der Waals surface area contributed by atoms with E-state index in [2.05, 4.69) is 0 Å². The van der Waals surface area contributed by atoms with Crippen LogP contribution in [0.5, 0.6) is 0 Å². The Morgan fingerprint density at radius 2 is 2.07 bits per heavy atom. The van der Waals surface area contributed by atoms with Gasteiger partial charge in [0.25, 0.3) is 0 Å². The van der Waals surface area contributed by atoms with E-state index in [0.717, 1.165) is 0 Å². The van der Waals surface area contributed by atoms with Gasteiger partial charge < -0.3 is 15.2 Å². The van der Waals surface area contributed by atoms with E-state index in [0.29, 0.717) is 0 Å². The molecule has 0 spiro atoms. The second-order valence-electron chi connectivity index (χ2n) is 6.26. The summed E-state index contributed by atoms with van der Waals surface area (Å²) in [7, 11) is -2.58. The normalized spacial score (nSPS) is 24.9. The Morgan fingerprint density at radius 1 is 1.41 bits per heavy atom. The van der Waals surface area contributed by atoms with Crippen LogP contribution in [-0.2, 0) is 28.9 Å². The minimum absolute atomic E-state index is 0.0357. The third-order valence-corrected chi connectivity index (χ3v) is 7.46. The lowest BCUT2D eigenvalue weighted by Crippen LogP contribution is -2.49. The fourth-order valence-corrected chi connectivity index (χ4v) is 5.90. The molecule has 1 aromatic rings. The molecule has 1 aromatic carbocycles. The molecule has 1 aliphatic carbocycles. The molecule has 0 heterocycles. The lowest BCUT2D eigenvalue weighted by Gasteiger charge is -2.29. The Labute approximate surface area is 162 Å². The molecule has 2 N–H and O–H groups in total. The van der Waals surface area contributed by atoms with Crippen LogP contribution < -0.4 is 5.73 Å². The number of amides is 1. The van der Waals surface area contributed by atoms with Crippen LogP contribution in [0.2, 0.25) is 5.02 Å². The molecule has 10 heteroatoms. The van der Waals surface area contributed by atoms with Crippen LogP contribution in [0.15, 0.2) is 29.2 Å². The highest BCUT2D eigenvalue weighted by Gasteiger charge is 2.60. The number of nitrogens with two attached hydrogens (primary N) is 1. The first kappa shape index (κ1) is 21.2. The van der Waals surface area contributed by atoms with Crippen molar-refractivity contribution in [2.45, 2.75) is 23.0 Å². The summed E-state index contributed by atoms with van der Waals surface area (Å²) in [6.45, 7) is -0.644. The van der Waals surface area contributed by atoms with Crippen LogP contribution in [0.3, 0.4) is 0 Å². The number of primary amides is 1. The Kier molecular flexibility index (Phi) is 6.46. The highest BCUT2D eigenvalue weighted by Crippen LogP contribution is 2.48. The first-order valence-electron chi connectivity index (χ1n) is 8.03. The van der Waals surface area contributed by atoms with Crippen LogP contribution in [0.25, 0.3) is 0 Å². The van der Waals surface area contributed by atoms with Gasteiger partial charge in [-0.15, -0.1) is 0 Å². The van der Waals surface area contributed by atoms with Gasteiger partial charge in [0.05, 0.1) is 21.8 Å². The number of halogens is 1. The zero-order valence-electron chi connectivity index (χ0n) is 14.6. The molecule has 1 aliphatic rings. The number of carbonyl (C=O) groups excluding carboxylic acids is 2. The second kappa shape index (κ2) is 8.25. The average molecular weight is 415 g/mol. The maximum absolute atomic E-state index is 13.1. The molecular formula is C17H19ClN2O6S. The third-order valence-electron chi connectivity index (χ3n) is 4.82. The molecule has 146 valence electrons. The molecule has 0 saturated heterocycles. The van der Waals surface area contributed by atoms with Gasteiger partial charge in [-0.1, -0.05) is 23.7 Å². The lowest BCUT2D eigenvalue weighted by atomic mass is 9.77. The molecule has 27 heavy (non-hydrogen) atoms. The van der Waals surface area contributed by atoms with E-state index in [4.69, 9.17) is 32.1 Å². The van der Waals surface area contributed by atoms with E-state index in [9.17, 15) is 18.0 Å². The molecule has 0 aromatic heterocycles. The minimum Gasteiger partial charge on any atom is -0.449 e. The fourth-order valence-electron chi connectivity index (χ4n) is 3.51.